The molecule has 0 aliphatic heterocycles. The van der Waals surface area contributed by atoms with Crippen LogP contribution in [0.3, 0.4) is 0 Å². The number of nitrogens with two attached hydrogens (primary N) is 1. The maximum atomic E-state index is 11.3. The lowest BCUT2D eigenvalue weighted by Gasteiger charge is -2.19. The van der Waals surface area contributed by atoms with Gasteiger partial charge in [-0.15, -0.1) is 0 Å². The highest BCUT2D eigenvalue weighted by atomic mass is 16.5. The van der Waals surface area contributed by atoms with Crippen LogP contribution in [0.15, 0.2) is 0 Å². The second kappa shape index (κ2) is 6.40. The van der Waals surface area contributed by atoms with Gasteiger partial charge < -0.3 is 15.8 Å². The van der Waals surface area contributed by atoms with Crippen LogP contribution in [0.1, 0.15) is 27.2 Å². The summed E-state index contributed by atoms with van der Waals surface area (Å²) in [4.78, 5) is 22.6. The molecule has 5 nitrogen and oxygen atoms in total. The molecule has 0 aromatic carbocycles. The topological polar surface area (TPSA) is 81.4 Å². The standard InChI is InChI=1S/C10H20N2O3/c1-6(2)5-8(10(14)15-4)12-9(13)7(3)11/h6-8H,5,11H2,1-4H3,(H,12,13). The first kappa shape index (κ1) is 13.9. The Kier molecular flexibility index (Phi) is 5.93. The molecule has 0 spiro atoms. The zero-order chi connectivity index (χ0) is 12.0. The summed E-state index contributed by atoms with van der Waals surface area (Å²) >= 11 is 0. The molecule has 0 radical (unpaired) electrons. The minimum Gasteiger partial charge on any atom is -0.467 e. The first-order valence-electron chi connectivity index (χ1n) is 5.02. The largest absolute Gasteiger partial charge is 0.467 e. The fraction of sp³-hybridized carbons (Fsp3) is 0.800. The SMILES string of the molecule is COC(=O)C(CC(C)C)NC(=O)C(C)N. The molecule has 0 saturated heterocycles. The maximum Gasteiger partial charge on any atom is 0.328 e. The molecule has 0 aliphatic rings. The van der Waals surface area contributed by atoms with Gasteiger partial charge in [0.05, 0.1) is 13.2 Å². The summed E-state index contributed by atoms with van der Waals surface area (Å²) in [5.41, 5.74) is 5.39. The van der Waals surface area contributed by atoms with Gasteiger partial charge in [0.15, 0.2) is 0 Å². The summed E-state index contributed by atoms with van der Waals surface area (Å²) in [6.07, 6.45) is 0.547. The Morgan fingerprint density at radius 1 is 1.33 bits per heavy atom. The molecule has 0 rings (SSSR count). The van der Waals surface area contributed by atoms with E-state index in [2.05, 4.69) is 10.1 Å². The van der Waals surface area contributed by atoms with Crippen LogP contribution in [-0.4, -0.2) is 31.1 Å². The molecule has 1 amide bonds. The van der Waals surface area contributed by atoms with Crippen molar-refractivity contribution in [2.24, 2.45) is 11.7 Å². The lowest BCUT2D eigenvalue weighted by Crippen LogP contribution is -2.48. The van der Waals surface area contributed by atoms with Crippen molar-refractivity contribution in [1.82, 2.24) is 5.32 Å². The molecule has 2 unspecified atom stereocenters. The smallest absolute Gasteiger partial charge is 0.328 e. The predicted molar refractivity (Wildman–Crippen MR) is 57.1 cm³/mol. The van der Waals surface area contributed by atoms with Crippen molar-refractivity contribution in [3.05, 3.63) is 0 Å². The Labute approximate surface area is 90.4 Å². The highest BCUT2D eigenvalue weighted by Gasteiger charge is 2.23. The normalized spacial score (nSPS) is 14.5. The van der Waals surface area contributed by atoms with Crippen molar-refractivity contribution in [3.63, 3.8) is 0 Å². The molecule has 3 N–H and O–H groups in total. The number of amides is 1. The van der Waals surface area contributed by atoms with E-state index >= 15 is 0 Å². The Morgan fingerprint density at radius 2 is 1.87 bits per heavy atom. The number of carbonyl (C=O) groups is 2. The monoisotopic (exact) mass is 216 g/mol. The van der Waals surface area contributed by atoms with Crippen LogP contribution in [0.2, 0.25) is 0 Å². The second-order valence-electron chi connectivity index (χ2n) is 4.00. The molecule has 0 bridgehead atoms. The molecule has 0 aromatic rings. The molecule has 15 heavy (non-hydrogen) atoms. The lowest BCUT2D eigenvalue weighted by molar-refractivity contribution is -0.145. The summed E-state index contributed by atoms with van der Waals surface area (Å²) in [5.74, 6) is -0.480. The Hall–Kier alpha value is -1.10. The van der Waals surface area contributed by atoms with Gasteiger partial charge >= 0.3 is 5.97 Å². The summed E-state index contributed by atoms with van der Waals surface area (Å²) in [5, 5.41) is 2.56. The Balaban J connectivity index is 4.37. The third-order valence-electron chi connectivity index (χ3n) is 1.92. The molecule has 0 heterocycles. The van der Waals surface area contributed by atoms with Crippen molar-refractivity contribution in [2.45, 2.75) is 39.3 Å². The van der Waals surface area contributed by atoms with Crippen LogP contribution in [0, 0.1) is 5.92 Å². The molecular formula is C10H20N2O3. The third-order valence-corrected chi connectivity index (χ3v) is 1.92. The molecule has 2 atom stereocenters. The lowest BCUT2D eigenvalue weighted by atomic mass is 10.0. The van der Waals surface area contributed by atoms with E-state index < -0.39 is 18.1 Å². The van der Waals surface area contributed by atoms with Gasteiger partial charge in [-0.1, -0.05) is 13.8 Å². The summed E-state index contributed by atoms with van der Waals surface area (Å²) in [7, 11) is 1.30. The van der Waals surface area contributed by atoms with E-state index in [1.54, 1.807) is 6.92 Å². The second-order valence-corrected chi connectivity index (χ2v) is 4.00. The zero-order valence-corrected chi connectivity index (χ0v) is 9.74. The number of nitrogens with one attached hydrogen (secondary N) is 1. The van der Waals surface area contributed by atoms with E-state index in [-0.39, 0.29) is 5.91 Å². The van der Waals surface area contributed by atoms with Crippen LogP contribution in [0.4, 0.5) is 0 Å². The average Bonchev–Trinajstić information content (AvgIpc) is 2.14. The molecule has 0 fully saturated rings. The summed E-state index contributed by atoms with van der Waals surface area (Å²) < 4.78 is 4.60. The minimum absolute atomic E-state index is 0.294. The van der Waals surface area contributed by atoms with Crippen LogP contribution in [-0.2, 0) is 14.3 Å². The summed E-state index contributed by atoms with van der Waals surface area (Å²) in [6.45, 7) is 5.50. The molecule has 0 aromatic heterocycles. The highest BCUT2D eigenvalue weighted by Crippen LogP contribution is 2.06. The van der Waals surface area contributed by atoms with Gasteiger partial charge in [0, 0.05) is 0 Å². The van der Waals surface area contributed by atoms with E-state index in [1.807, 2.05) is 13.8 Å². The molecular weight excluding hydrogens is 196 g/mol. The van der Waals surface area contributed by atoms with E-state index in [4.69, 9.17) is 5.73 Å². The summed E-state index contributed by atoms with van der Waals surface area (Å²) in [6, 6.07) is -1.22. The third kappa shape index (κ3) is 5.37. The average molecular weight is 216 g/mol. The van der Waals surface area contributed by atoms with Gasteiger partial charge in [0.1, 0.15) is 6.04 Å². The number of methoxy groups -OCH3 is 1. The van der Waals surface area contributed by atoms with Crippen LogP contribution in [0.25, 0.3) is 0 Å². The number of hydrogen-bond donors (Lipinski definition) is 2. The van der Waals surface area contributed by atoms with E-state index in [0.29, 0.717) is 12.3 Å². The van der Waals surface area contributed by atoms with Crippen LogP contribution in [0.5, 0.6) is 0 Å². The van der Waals surface area contributed by atoms with Gasteiger partial charge in [-0.3, -0.25) is 4.79 Å². The number of carbonyl (C=O) groups excluding carboxylic acids is 2. The minimum atomic E-state index is -0.621. The fourth-order valence-corrected chi connectivity index (χ4v) is 1.13. The number of esters is 1. The van der Waals surface area contributed by atoms with Crippen molar-refractivity contribution < 1.29 is 14.3 Å². The van der Waals surface area contributed by atoms with Crippen molar-refractivity contribution in [1.29, 1.82) is 0 Å². The van der Waals surface area contributed by atoms with E-state index in [0.717, 1.165) is 0 Å². The molecule has 0 saturated carbocycles. The van der Waals surface area contributed by atoms with Gasteiger partial charge in [0.25, 0.3) is 0 Å². The van der Waals surface area contributed by atoms with Crippen molar-refractivity contribution in [3.8, 4) is 0 Å². The molecule has 88 valence electrons. The van der Waals surface area contributed by atoms with E-state index in [1.165, 1.54) is 7.11 Å². The van der Waals surface area contributed by atoms with Gasteiger partial charge in [-0.05, 0) is 19.3 Å². The van der Waals surface area contributed by atoms with Crippen LogP contribution >= 0.6 is 0 Å². The number of rotatable bonds is 5. The van der Waals surface area contributed by atoms with Gasteiger partial charge in [-0.2, -0.15) is 0 Å². The fourth-order valence-electron chi connectivity index (χ4n) is 1.13. The zero-order valence-electron chi connectivity index (χ0n) is 9.74. The first-order chi connectivity index (χ1) is 6.88. The highest BCUT2D eigenvalue weighted by molar-refractivity contribution is 5.87. The van der Waals surface area contributed by atoms with Gasteiger partial charge in [0.2, 0.25) is 5.91 Å². The Bertz CT molecular complexity index is 227. The van der Waals surface area contributed by atoms with Crippen molar-refractivity contribution >= 4 is 11.9 Å². The molecule has 5 heteroatoms. The van der Waals surface area contributed by atoms with Gasteiger partial charge in [-0.25, -0.2) is 4.79 Å². The van der Waals surface area contributed by atoms with Crippen LogP contribution < -0.4 is 11.1 Å². The predicted octanol–water partition coefficient (Wildman–Crippen LogP) is 0.0375. The Morgan fingerprint density at radius 3 is 2.20 bits per heavy atom. The van der Waals surface area contributed by atoms with E-state index in [9.17, 15) is 9.59 Å². The molecule has 0 aliphatic carbocycles. The van der Waals surface area contributed by atoms with Crippen molar-refractivity contribution in [2.75, 3.05) is 7.11 Å². The quantitative estimate of drug-likeness (QED) is 0.636. The number of ether oxygens (including phenoxy) is 1. The first-order valence-corrected chi connectivity index (χ1v) is 5.02. The maximum absolute atomic E-state index is 11.3. The number of hydrogen-bond acceptors (Lipinski definition) is 4.